The number of likely N-dealkylation sites (tertiary alicyclic amines) is 1. The monoisotopic (exact) mass is 402 g/mol. The molecule has 0 saturated carbocycles. The number of hydrogen-bond acceptors (Lipinski definition) is 8. The summed E-state index contributed by atoms with van der Waals surface area (Å²) in [7, 11) is 1.27. The average Bonchev–Trinajstić information content (AvgIpc) is 3.19. The van der Waals surface area contributed by atoms with Crippen LogP contribution in [0.25, 0.3) is 0 Å². The normalized spacial score (nSPS) is 16.3. The van der Waals surface area contributed by atoms with Crippen LogP contribution in [0.3, 0.4) is 0 Å². The van der Waals surface area contributed by atoms with E-state index in [4.69, 9.17) is 4.52 Å². The zero-order valence-corrected chi connectivity index (χ0v) is 16.4. The van der Waals surface area contributed by atoms with Crippen LogP contribution < -0.4 is 5.32 Å². The van der Waals surface area contributed by atoms with Crippen molar-refractivity contribution in [2.45, 2.75) is 38.5 Å². The maximum atomic E-state index is 12.1. The van der Waals surface area contributed by atoms with E-state index in [9.17, 15) is 14.7 Å². The van der Waals surface area contributed by atoms with Gasteiger partial charge in [-0.3, -0.25) is 9.69 Å². The van der Waals surface area contributed by atoms with Crippen molar-refractivity contribution in [1.29, 1.82) is 0 Å². The molecule has 1 aliphatic heterocycles. The number of nitrogens with one attached hydrogen (secondary N) is 1. The van der Waals surface area contributed by atoms with Gasteiger partial charge in [0.25, 0.3) is 0 Å². The first-order valence-corrected chi connectivity index (χ1v) is 9.65. The Morgan fingerprint density at radius 2 is 2.03 bits per heavy atom. The van der Waals surface area contributed by atoms with Gasteiger partial charge in [-0.05, 0) is 37.4 Å². The number of benzene rings is 1. The number of aliphatic hydroxyl groups is 1. The van der Waals surface area contributed by atoms with Crippen molar-refractivity contribution < 1.29 is 24.0 Å². The number of aromatic nitrogens is 2. The lowest BCUT2D eigenvalue weighted by atomic mass is 9.91. The molecule has 9 heteroatoms. The zero-order valence-electron chi connectivity index (χ0n) is 16.4. The predicted octanol–water partition coefficient (Wildman–Crippen LogP) is 0.674. The highest BCUT2D eigenvalue weighted by Crippen LogP contribution is 2.22. The Bertz CT molecular complexity index is 802. The Kier molecular flexibility index (Phi) is 7.31. The van der Waals surface area contributed by atoms with Crippen LogP contribution in [0.1, 0.15) is 30.1 Å². The minimum absolute atomic E-state index is 0.0593. The molecule has 0 unspecified atom stereocenters. The molecule has 2 N–H and O–H groups in total. The lowest BCUT2D eigenvalue weighted by Crippen LogP contribution is -2.40. The van der Waals surface area contributed by atoms with Gasteiger partial charge in [0.15, 0.2) is 11.9 Å². The van der Waals surface area contributed by atoms with Crippen LogP contribution in [-0.2, 0) is 33.8 Å². The molecule has 1 aromatic carbocycles. The maximum absolute atomic E-state index is 12.1. The molecule has 2 aromatic rings. The van der Waals surface area contributed by atoms with Crippen molar-refractivity contribution in [2.24, 2.45) is 5.92 Å². The third-order valence-corrected chi connectivity index (χ3v) is 5.04. The standard InChI is InChI=1S/C20H26N4O5/c1-28-20(27)19(26)15-7-9-24(10-8-15)13-18-22-16(23-29-18)11-17(25)21-12-14-5-3-2-4-6-14/h2-6,15,19,26H,7-13H2,1H3,(H,21,25)/t19-/m0/s1. The molecule has 156 valence electrons. The van der Waals surface area contributed by atoms with Gasteiger partial charge in [0.2, 0.25) is 11.8 Å². The highest BCUT2D eigenvalue weighted by molar-refractivity contribution is 5.77. The summed E-state index contributed by atoms with van der Waals surface area (Å²) in [5.74, 6) is -0.0657. The molecule has 1 aromatic heterocycles. The Morgan fingerprint density at radius 3 is 2.72 bits per heavy atom. The summed E-state index contributed by atoms with van der Waals surface area (Å²) < 4.78 is 9.85. The van der Waals surface area contributed by atoms with Gasteiger partial charge in [0, 0.05) is 6.54 Å². The summed E-state index contributed by atoms with van der Waals surface area (Å²) in [6, 6.07) is 9.66. The smallest absolute Gasteiger partial charge is 0.334 e. The van der Waals surface area contributed by atoms with Gasteiger partial charge in [0.05, 0.1) is 20.1 Å². The molecular weight excluding hydrogens is 376 g/mol. The predicted molar refractivity (Wildman–Crippen MR) is 102 cm³/mol. The number of aliphatic hydroxyl groups excluding tert-OH is 1. The van der Waals surface area contributed by atoms with Crippen LogP contribution in [0, 0.1) is 5.92 Å². The van der Waals surface area contributed by atoms with E-state index in [0.717, 1.165) is 5.56 Å². The molecule has 1 aliphatic rings. The highest BCUT2D eigenvalue weighted by Gasteiger charge is 2.30. The van der Waals surface area contributed by atoms with Crippen molar-refractivity contribution >= 4 is 11.9 Å². The van der Waals surface area contributed by atoms with Crippen LogP contribution in [0.15, 0.2) is 34.9 Å². The van der Waals surface area contributed by atoms with Crippen LogP contribution in [0.5, 0.6) is 0 Å². The average molecular weight is 402 g/mol. The van der Waals surface area contributed by atoms with Crippen LogP contribution >= 0.6 is 0 Å². The molecule has 0 aliphatic carbocycles. The zero-order chi connectivity index (χ0) is 20.6. The number of methoxy groups -OCH3 is 1. The van der Waals surface area contributed by atoms with E-state index >= 15 is 0 Å². The van der Waals surface area contributed by atoms with Gasteiger partial charge < -0.3 is 19.7 Å². The maximum Gasteiger partial charge on any atom is 0.334 e. The SMILES string of the molecule is COC(=O)[C@@H](O)C1CCN(Cc2nc(CC(=O)NCc3ccccc3)no2)CC1. The number of esters is 1. The Labute approximate surface area is 169 Å². The van der Waals surface area contributed by atoms with E-state index in [-0.39, 0.29) is 18.2 Å². The first-order chi connectivity index (χ1) is 14.0. The van der Waals surface area contributed by atoms with Crippen molar-refractivity contribution in [1.82, 2.24) is 20.4 Å². The number of ether oxygens (including phenoxy) is 1. The number of amides is 1. The lowest BCUT2D eigenvalue weighted by Gasteiger charge is -2.32. The molecular formula is C20H26N4O5. The summed E-state index contributed by atoms with van der Waals surface area (Å²) >= 11 is 0. The Hall–Kier alpha value is -2.78. The fourth-order valence-electron chi connectivity index (χ4n) is 3.36. The molecule has 3 rings (SSSR count). The molecule has 0 spiro atoms. The molecule has 2 heterocycles. The second kappa shape index (κ2) is 10.1. The second-order valence-electron chi connectivity index (χ2n) is 7.13. The lowest BCUT2D eigenvalue weighted by molar-refractivity contribution is -0.154. The van der Waals surface area contributed by atoms with Gasteiger partial charge in [-0.25, -0.2) is 4.79 Å². The first-order valence-electron chi connectivity index (χ1n) is 9.65. The summed E-state index contributed by atoms with van der Waals surface area (Å²) in [5.41, 5.74) is 1.02. The molecule has 1 saturated heterocycles. The van der Waals surface area contributed by atoms with Gasteiger partial charge in [-0.15, -0.1) is 0 Å². The molecule has 29 heavy (non-hydrogen) atoms. The van der Waals surface area contributed by atoms with Crippen LogP contribution in [0.4, 0.5) is 0 Å². The van der Waals surface area contributed by atoms with E-state index in [1.165, 1.54) is 7.11 Å². The number of nitrogens with zero attached hydrogens (tertiary/aromatic N) is 3. The largest absolute Gasteiger partial charge is 0.467 e. The van der Waals surface area contributed by atoms with Crippen molar-refractivity contribution in [3.8, 4) is 0 Å². The number of carbonyl (C=O) groups is 2. The number of piperidine rings is 1. The van der Waals surface area contributed by atoms with E-state index in [2.05, 4.69) is 25.1 Å². The summed E-state index contributed by atoms with van der Waals surface area (Å²) in [6.45, 7) is 2.33. The molecule has 1 atom stereocenters. The van der Waals surface area contributed by atoms with Gasteiger partial charge in [-0.1, -0.05) is 35.5 Å². The summed E-state index contributed by atoms with van der Waals surface area (Å²) in [6.07, 6.45) is 0.341. The minimum atomic E-state index is -1.08. The van der Waals surface area contributed by atoms with Crippen molar-refractivity contribution in [2.75, 3.05) is 20.2 Å². The quantitative estimate of drug-likeness (QED) is 0.619. The molecule has 1 amide bonds. The summed E-state index contributed by atoms with van der Waals surface area (Å²) in [4.78, 5) is 29.9. The number of carbonyl (C=O) groups excluding carboxylic acids is 2. The van der Waals surface area contributed by atoms with Gasteiger partial charge in [-0.2, -0.15) is 4.98 Å². The number of hydrogen-bond donors (Lipinski definition) is 2. The molecule has 1 fully saturated rings. The third kappa shape index (κ3) is 6.10. The van der Waals surface area contributed by atoms with Gasteiger partial charge in [0.1, 0.15) is 0 Å². The number of rotatable bonds is 8. The highest BCUT2D eigenvalue weighted by atomic mass is 16.5. The van der Waals surface area contributed by atoms with Crippen molar-refractivity contribution in [3.63, 3.8) is 0 Å². The summed E-state index contributed by atoms with van der Waals surface area (Å²) in [5, 5.41) is 16.7. The van der Waals surface area contributed by atoms with Gasteiger partial charge >= 0.3 is 5.97 Å². The van der Waals surface area contributed by atoms with E-state index < -0.39 is 12.1 Å². The van der Waals surface area contributed by atoms with E-state index in [0.29, 0.717) is 50.7 Å². The van der Waals surface area contributed by atoms with Crippen LogP contribution in [0.2, 0.25) is 0 Å². The van der Waals surface area contributed by atoms with Crippen molar-refractivity contribution in [3.05, 3.63) is 47.6 Å². The van der Waals surface area contributed by atoms with E-state index in [1.54, 1.807) is 0 Å². The molecule has 0 radical (unpaired) electrons. The molecule has 0 bridgehead atoms. The fourth-order valence-corrected chi connectivity index (χ4v) is 3.36. The minimum Gasteiger partial charge on any atom is -0.467 e. The Balaban J connectivity index is 1.41. The third-order valence-electron chi connectivity index (χ3n) is 5.04. The second-order valence-corrected chi connectivity index (χ2v) is 7.13. The molecule has 9 nitrogen and oxygen atoms in total. The fraction of sp³-hybridized carbons (Fsp3) is 0.500. The first kappa shape index (κ1) is 20.9. The Morgan fingerprint density at radius 1 is 1.31 bits per heavy atom. The van der Waals surface area contributed by atoms with E-state index in [1.807, 2.05) is 30.3 Å². The van der Waals surface area contributed by atoms with Crippen LogP contribution in [-0.4, -0.2) is 58.3 Å². The topological polar surface area (TPSA) is 118 Å².